The highest BCUT2D eigenvalue weighted by Gasteiger charge is 2.22. The summed E-state index contributed by atoms with van der Waals surface area (Å²) in [5.74, 6) is -0.136. The Morgan fingerprint density at radius 1 is 1.07 bits per heavy atom. The third-order valence-electron chi connectivity index (χ3n) is 4.51. The van der Waals surface area contributed by atoms with Crippen LogP contribution in [-0.4, -0.2) is 17.1 Å². The molecule has 0 spiro atoms. The molecule has 0 saturated heterocycles. The Bertz CT molecular complexity index is 1190. The van der Waals surface area contributed by atoms with Gasteiger partial charge in [0.25, 0.3) is 5.91 Å². The Hall–Kier alpha value is -3.14. The lowest BCUT2D eigenvalue weighted by Gasteiger charge is -2.20. The molecule has 0 N–H and O–H groups in total. The number of nitrogens with zero attached hydrogens (tertiary/aromatic N) is 3. The van der Waals surface area contributed by atoms with E-state index in [-0.39, 0.29) is 5.91 Å². The summed E-state index contributed by atoms with van der Waals surface area (Å²) < 4.78 is 1.05. The smallest absolute Gasteiger partial charge is 0.260 e. The van der Waals surface area contributed by atoms with Gasteiger partial charge in [0.05, 0.1) is 28.4 Å². The lowest BCUT2D eigenvalue weighted by Crippen LogP contribution is -2.30. The summed E-state index contributed by atoms with van der Waals surface area (Å²) in [7, 11) is 0. The number of aromatic nitrogens is 1. The van der Waals surface area contributed by atoms with Crippen molar-refractivity contribution in [3.8, 4) is 6.07 Å². The number of rotatable bonds is 5. The normalized spacial score (nSPS) is 10.6. The quantitative estimate of drug-likeness (QED) is 0.390. The standard InChI is InChI=1S/C23H17N3OS2/c1-28-19-8-5-9-20-21(19)25-23(29-20)26(15-17-6-3-2-4-7-17)22(27)18-12-10-16(14-24)11-13-18/h2-13H,15H2,1H3. The molecule has 1 heterocycles. The van der Waals surface area contributed by atoms with Crippen molar-refractivity contribution in [2.45, 2.75) is 11.4 Å². The van der Waals surface area contributed by atoms with Gasteiger partial charge < -0.3 is 0 Å². The highest BCUT2D eigenvalue weighted by atomic mass is 32.2. The SMILES string of the molecule is CSc1cccc2sc(N(Cc3ccccc3)C(=O)c3ccc(C#N)cc3)nc12. The molecule has 0 unspecified atom stereocenters. The summed E-state index contributed by atoms with van der Waals surface area (Å²) >= 11 is 3.16. The van der Waals surface area contributed by atoms with Crippen molar-refractivity contribution >= 4 is 44.4 Å². The summed E-state index contributed by atoms with van der Waals surface area (Å²) in [4.78, 5) is 21.0. The van der Waals surface area contributed by atoms with Gasteiger partial charge in [0.15, 0.2) is 5.13 Å². The second-order valence-electron chi connectivity index (χ2n) is 6.37. The number of para-hydroxylation sites is 1. The number of anilines is 1. The number of hydrogen-bond acceptors (Lipinski definition) is 5. The fraction of sp³-hybridized carbons (Fsp3) is 0.0870. The second kappa shape index (κ2) is 8.48. The lowest BCUT2D eigenvalue weighted by molar-refractivity contribution is 0.0985. The highest BCUT2D eigenvalue weighted by molar-refractivity contribution is 7.98. The molecule has 0 aliphatic heterocycles. The molecular formula is C23H17N3OS2. The van der Waals surface area contributed by atoms with Crippen LogP contribution in [0.1, 0.15) is 21.5 Å². The van der Waals surface area contributed by atoms with E-state index in [2.05, 4.69) is 6.07 Å². The minimum atomic E-state index is -0.136. The number of hydrogen-bond donors (Lipinski definition) is 0. The fourth-order valence-corrected chi connectivity index (χ4v) is 4.65. The Morgan fingerprint density at radius 3 is 2.52 bits per heavy atom. The van der Waals surface area contributed by atoms with Gasteiger partial charge in [0, 0.05) is 10.5 Å². The van der Waals surface area contributed by atoms with E-state index in [1.807, 2.05) is 54.8 Å². The average Bonchev–Trinajstić information content (AvgIpc) is 3.22. The fourth-order valence-electron chi connectivity index (χ4n) is 3.03. The first kappa shape index (κ1) is 19.2. The van der Waals surface area contributed by atoms with Gasteiger partial charge in [-0.3, -0.25) is 9.69 Å². The monoisotopic (exact) mass is 415 g/mol. The second-order valence-corrected chi connectivity index (χ2v) is 8.23. The van der Waals surface area contributed by atoms with E-state index in [4.69, 9.17) is 10.2 Å². The van der Waals surface area contributed by atoms with Gasteiger partial charge in [-0.1, -0.05) is 47.7 Å². The van der Waals surface area contributed by atoms with Crippen LogP contribution in [0.3, 0.4) is 0 Å². The van der Waals surface area contributed by atoms with Crippen molar-refractivity contribution in [1.29, 1.82) is 5.26 Å². The van der Waals surface area contributed by atoms with Crippen LogP contribution in [0.2, 0.25) is 0 Å². The molecule has 0 fully saturated rings. The molecule has 1 aromatic heterocycles. The van der Waals surface area contributed by atoms with E-state index < -0.39 is 0 Å². The van der Waals surface area contributed by atoms with Crippen LogP contribution in [0.15, 0.2) is 77.7 Å². The first-order valence-corrected chi connectivity index (χ1v) is 11.0. The molecular weight excluding hydrogens is 398 g/mol. The van der Waals surface area contributed by atoms with Crippen molar-refractivity contribution in [3.05, 3.63) is 89.5 Å². The molecule has 0 saturated carbocycles. The van der Waals surface area contributed by atoms with Crippen LogP contribution in [0.4, 0.5) is 5.13 Å². The molecule has 29 heavy (non-hydrogen) atoms. The molecule has 0 radical (unpaired) electrons. The first-order valence-electron chi connectivity index (χ1n) is 8.99. The molecule has 142 valence electrons. The van der Waals surface area contributed by atoms with Gasteiger partial charge >= 0.3 is 0 Å². The van der Waals surface area contributed by atoms with Crippen LogP contribution in [0, 0.1) is 11.3 Å². The molecule has 6 heteroatoms. The van der Waals surface area contributed by atoms with E-state index in [0.717, 1.165) is 20.7 Å². The van der Waals surface area contributed by atoms with Crippen molar-refractivity contribution < 1.29 is 4.79 Å². The molecule has 4 rings (SSSR count). The zero-order valence-corrected chi connectivity index (χ0v) is 17.3. The molecule has 4 nitrogen and oxygen atoms in total. The number of carbonyl (C=O) groups excluding carboxylic acids is 1. The van der Waals surface area contributed by atoms with Crippen LogP contribution >= 0.6 is 23.1 Å². The van der Waals surface area contributed by atoms with Crippen LogP contribution < -0.4 is 4.90 Å². The zero-order valence-electron chi connectivity index (χ0n) is 15.7. The lowest BCUT2D eigenvalue weighted by atomic mass is 10.1. The summed E-state index contributed by atoms with van der Waals surface area (Å²) in [6.45, 7) is 0.425. The third kappa shape index (κ3) is 4.02. The van der Waals surface area contributed by atoms with Crippen molar-refractivity contribution in [1.82, 2.24) is 4.98 Å². The predicted molar refractivity (Wildman–Crippen MR) is 120 cm³/mol. The number of nitriles is 1. The summed E-state index contributed by atoms with van der Waals surface area (Å²) in [5.41, 5.74) is 3.01. The number of thioether (sulfide) groups is 1. The zero-order chi connectivity index (χ0) is 20.2. The molecule has 3 aromatic carbocycles. The van der Waals surface area contributed by atoms with Gasteiger partial charge in [-0.05, 0) is 48.2 Å². The topological polar surface area (TPSA) is 57.0 Å². The number of thiazole rings is 1. The number of carbonyl (C=O) groups is 1. The molecule has 0 aliphatic carbocycles. The van der Waals surface area contributed by atoms with Gasteiger partial charge in [0.1, 0.15) is 0 Å². The van der Waals surface area contributed by atoms with E-state index in [0.29, 0.717) is 22.8 Å². The molecule has 0 bridgehead atoms. The van der Waals surface area contributed by atoms with Crippen LogP contribution in [0.5, 0.6) is 0 Å². The Balaban J connectivity index is 1.77. The molecule has 0 aliphatic rings. The summed E-state index contributed by atoms with van der Waals surface area (Å²) in [6, 6.07) is 24.8. The number of amides is 1. The maximum atomic E-state index is 13.4. The molecule has 0 atom stereocenters. The van der Waals surface area contributed by atoms with Crippen LogP contribution in [-0.2, 0) is 6.54 Å². The van der Waals surface area contributed by atoms with E-state index in [1.54, 1.807) is 40.9 Å². The minimum absolute atomic E-state index is 0.136. The van der Waals surface area contributed by atoms with Gasteiger partial charge in [-0.15, -0.1) is 11.8 Å². The van der Waals surface area contributed by atoms with Crippen LogP contribution in [0.25, 0.3) is 10.2 Å². The minimum Gasteiger partial charge on any atom is -0.279 e. The van der Waals surface area contributed by atoms with E-state index in [9.17, 15) is 4.79 Å². The Kier molecular flexibility index (Phi) is 5.61. The van der Waals surface area contributed by atoms with Crippen molar-refractivity contribution in [3.63, 3.8) is 0 Å². The number of fused-ring (bicyclic) bond motifs is 1. The van der Waals surface area contributed by atoms with Crippen molar-refractivity contribution in [2.24, 2.45) is 0 Å². The van der Waals surface area contributed by atoms with Gasteiger partial charge in [-0.25, -0.2) is 4.98 Å². The van der Waals surface area contributed by atoms with Crippen molar-refractivity contribution in [2.75, 3.05) is 11.2 Å². The average molecular weight is 416 g/mol. The largest absolute Gasteiger partial charge is 0.279 e. The Morgan fingerprint density at radius 2 is 1.83 bits per heavy atom. The van der Waals surface area contributed by atoms with E-state index >= 15 is 0 Å². The van der Waals surface area contributed by atoms with Gasteiger partial charge in [-0.2, -0.15) is 5.26 Å². The maximum absolute atomic E-state index is 13.4. The summed E-state index contributed by atoms with van der Waals surface area (Å²) in [6.07, 6.45) is 2.03. The predicted octanol–water partition coefficient (Wildman–Crippen LogP) is 5.74. The molecule has 1 amide bonds. The first-order chi connectivity index (χ1) is 14.2. The Labute approximate surface area is 177 Å². The van der Waals surface area contributed by atoms with Gasteiger partial charge in [0.2, 0.25) is 0 Å². The van der Waals surface area contributed by atoms with E-state index in [1.165, 1.54) is 11.3 Å². The third-order valence-corrected chi connectivity index (χ3v) is 6.32. The summed E-state index contributed by atoms with van der Waals surface area (Å²) in [5, 5.41) is 9.69. The maximum Gasteiger partial charge on any atom is 0.260 e. The highest BCUT2D eigenvalue weighted by Crippen LogP contribution is 2.35. The molecule has 4 aromatic rings. The number of benzene rings is 3.